The molecule has 1 amide bonds. The number of ether oxygens (including phenoxy) is 12. The summed E-state index contributed by atoms with van der Waals surface area (Å²) in [6.45, 7) is -7.13. The lowest BCUT2D eigenvalue weighted by Gasteiger charge is -2.48. The first kappa shape index (κ1) is 71.0. The minimum Gasteiger partial charge on any atom is -0.394 e. The number of ketones is 1. The van der Waals surface area contributed by atoms with E-state index in [0.29, 0.717) is 0 Å². The monoisotopic (exact) mass is 1260 g/mol. The summed E-state index contributed by atoms with van der Waals surface area (Å²) in [6.07, 6.45) is -60.5. The van der Waals surface area contributed by atoms with Crippen molar-refractivity contribution in [1.82, 2.24) is 5.32 Å². The lowest BCUT2D eigenvalue weighted by Crippen LogP contribution is -2.67. The second kappa shape index (κ2) is 32.1. The third-order valence-corrected chi connectivity index (χ3v) is 14.7. The Morgan fingerprint density at radius 3 is 1.36 bits per heavy atom. The van der Waals surface area contributed by atoms with Gasteiger partial charge in [0.1, 0.15) is 160 Å². The van der Waals surface area contributed by atoms with Gasteiger partial charge in [-0.2, -0.15) is 0 Å². The number of carbonyl (C=O) groups excluding carboxylic acids is 2. The zero-order chi connectivity index (χ0) is 62.1. The third kappa shape index (κ3) is 17.7. The number of aliphatic hydroxyl groups is 17. The van der Waals surface area contributed by atoms with Crippen molar-refractivity contribution < 1.29 is 187 Å². The molecule has 490 valence electrons. The first-order valence-electron chi connectivity index (χ1n) is 25.9. The van der Waals surface area contributed by atoms with Crippen LogP contribution in [0.3, 0.4) is 0 Å². The van der Waals surface area contributed by atoms with Crippen LogP contribution in [0.25, 0.3) is 0 Å². The number of amides is 1. The zero-order valence-electron chi connectivity index (χ0n) is 43.9. The minimum atomic E-state index is -5.23. The van der Waals surface area contributed by atoms with Crippen molar-refractivity contribution >= 4 is 19.5 Å². The van der Waals surface area contributed by atoms with E-state index in [1.807, 2.05) is 0 Å². The number of nitrogens with two attached hydrogens (primary N) is 1. The Bertz CT molecular complexity index is 2060. The second-order valence-electron chi connectivity index (χ2n) is 20.1. The lowest BCUT2D eigenvalue weighted by molar-refractivity contribution is -0.391. The van der Waals surface area contributed by atoms with Crippen molar-refractivity contribution in [3.05, 3.63) is 0 Å². The maximum atomic E-state index is 12.4. The maximum Gasteiger partial charge on any atom is 0.469 e. The standard InChI is InChI=1S/C43H75N2O38P/c44-72-7-12(48)4-45-19(49)2-1-3-69-39-34(64)35(81-43-37(30(60)21(51)14(6-47)76-43)83-41-33(63)28(58)24(54)18(80-41)11-74-84(66,67)68)25(55)16(78-39)9-70-38-31(61)26(56)22(52)15(77-38)8-71-42-36(29(59)20(50)13(5-46)75-42)82-40-32(62)27(57)23(53)17(79-40)10-73-65/h13-18,20-43,46-47,50-65H,1-11,44H2,(H,45,49)(H2,66,67,68)/t13?,14?,15?,16?,17?,18?,20-,21-,22-,23-,24-,25-,26+,27+,28+,29+,30+,31?,32?,33?,34?,35+,36?,37?,38+,39-,40+,41-,42+,43-/m1/s1. The van der Waals surface area contributed by atoms with Crippen LogP contribution in [0.5, 0.6) is 0 Å². The molecule has 0 bridgehead atoms. The molecular weight excluding hydrogens is 1180 g/mol. The van der Waals surface area contributed by atoms with Gasteiger partial charge in [-0.3, -0.25) is 24.2 Å². The van der Waals surface area contributed by atoms with Gasteiger partial charge in [-0.1, -0.05) is 0 Å². The summed E-state index contributed by atoms with van der Waals surface area (Å²) in [5.41, 5.74) is 0. The molecule has 30 atom stereocenters. The summed E-state index contributed by atoms with van der Waals surface area (Å²) in [6, 6.07) is 0. The fourth-order valence-corrected chi connectivity index (χ4v) is 9.80. The van der Waals surface area contributed by atoms with Crippen molar-refractivity contribution in [2.75, 3.05) is 59.4 Å². The number of aliphatic hydroxyl groups excluding tert-OH is 17. The van der Waals surface area contributed by atoms with Crippen LogP contribution < -0.4 is 11.2 Å². The predicted octanol–water partition coefficient (Wildman–Crippen LogP) is -14.1. The van der Waals surface area contributed by atoms with E-state index in [2.05, 4.69) is 19.6 Å². The van der Waals surface area contributed by atoms with Gasteiger partial charge >= 0.3 is 7.82 Å². The number of rotatable bonds is 28. The number of hydrogen-bond donors (Lipinski definition) is 22. The van der Waals surface area contributed by atoms with E-state index >= 15 is 0 Å². The van der Waals surface area contributed by atoms with Crippen molar-refractivity contribution in [2.45, 2.75) is 197 Å². The fourth-order valence-electron chi connectivity index (χ4n) is 9.46. The molecule has 6 heterocycles. The van der Waals surface area contributed by atoms with E-state index in [1.54, 1.807) is 0 Å². The molecule has 41 heteroatoms. The number of Topliss-reactive ketones (excluding diaryl/α,β-unsaturated/α-hetero) is 1. The Kier molecular flexibility index (Phi) is 27.1. The van der Waals surface area contributed by atoms with Crippen LogP contribution in [-0.2, 0) is 85.2 Å². The Balaban J connectivity index is 1.20. The Morgan fingerprint density at radius 2 is 0.857 bits per heavy atom. The highest BCUT2D eigenvalue weighted by Gasteiger charge is 2.56. The molecule has 0 aromatic heterocycles. The molecule has 6 rings (SSSR count). The average Bonchev–Trinajstić information content (AvgIpc) is 1.64. The largest absolute Gasteiger partial charge is 0.469 e. The number of phosphoric acid groups is 1. The number of hydrogen-bond acceptors (Lipinski definition) is 37. The fraction of sp³-hybridized carbons (Fsp3) is 0.953. The average molecular weight is 1260 g/mol. The van der Waals surface area contributed by atoms with Crippen LogP contribution >= 0.6 is 7.82 Å². The predicted molar refractivity (Wildman–Crippen MR) is 253 cm³/mol. The first-order valence-corrected chi connectivity index (χ1v) is 27.4. The molecule has 0 aliphatic carbocycles. The maximum absolute atomic E-state index is 12.4. The quantitative estimate of drug-likeness (QED) is 0.0150. The highest BCUT2D eigenvalue weighted by Crippen LogP contribution is 2.39. The molecule has 0 aromatic carbocycles. The molecule has 40 nitrogen and oxygen atoms in total. The summed E-state index contributed by atoms with van der Waals surface area (Å²) in [5.74, 6) is 3.64. The van der Waals surface area contributed by atoms with E-state index in [0.717, 1.165) is 0 Å². The Morgan fingerprint density at radius 1 is 0.452 bits per heavy atom. The van der Waals surface area contributed by atoms with Crippen LogP contribution in [-0.4, -0.2) is 357 Å². The zero-order valence-corrected chi connectivity index (χ0v) is 44.8. The molecule has 6 aliphatic rings. The molecule has 84 heavy (non-hydrogen) atoms. The molecule has 0 saturated carbocycles. The van der Waals surface area contributed by atoms with Crippen LogP contribution in [0.1, 0.15) is 12.8 Å². The first-order chi connectivity index (χ1) is 39.7. The molecule has 0 radical (unpaired) electrons. The van der Waals surface area contributed by atoms with Gasteiger partial charge in [0, 0.05) is 6.42 Å². The number of nitrogens with one attached hydrogen (secondary N) is 1. The van der Waals surface area contributed by atoms with Crippen molar-refractivity contribution in [1.29, 1.82) is 0 Å². The summed E-state index contributed by atoms with van der Waals surface area (Å²) < 4.78 is 83.9. The van der Waals surface area contributed by atoms with E-state index in [4.69, 9.17) is 68.0 Å². The topological polar surface area (TPSA) is 632 Å². The van der Waals surface area contributed by atoms with Gasteiger partial charge in [0.05, 0.1) is 46.2 Å². The highest BCUT2D eigenvalue weighted by atomic mass is 31.2. The molecule has 6 aliphatic heterocycles. The van der Waals surface area contributed by atoms with Gasteiger partial charge in [-0.05, 0) is 6.42 Å². The van der Waals surface area contributed by atoms with Crippen molar-refractivity contribution in [3.8, 4) is 0 Å². The van der Waals surface area contributed by atoms with Gasteiger partial charge in [-0.15, -0.1) is 0 Å². The SMILES string of the molecule is NOCC(=O)CNC(=O)CCCO[C@@H]1OC(CO[C@H]2OC(CO[C@H]3OC(CO)[C@@H](O)[C@H](O)C3O[C@@H]3OC(COO)[C@@H](O)[C@H](O)C3O)[C@@H](O)[C@H](O)C2O)[C@@H](O)[C@H](O[C@H]2OC(CO)[C@@H](O)[C@H](O)C2O[C@H]2OC(COP(=O)(O)O)[C@@H](O)[C@H](O)C2O)C1O. The van der Waals surface area contributed by atoms with E-state index in [9.17, 15) is 111 Å². The van der Waals surface area contributed by atoms with Gasteiger partial charge in [0.25, 0.3) is 0 Å². The normalized spacial score (nSPS) is 45.1. The second-order valence-corrected chi connectivity index (χ2v) is 21.4. The van der Waals surface area contributed by atoms with Crippen molar-refractivity contribution in [2.24, 2.45) is 5.90 Å². The minimum absolute atomic E-state index is 0.140. The van der Waals surface area contributed by atoms with Gasteiger partial charge in [0.15, 0.2) is 43.5 Å². The highest BCUT2D eigenvalue weighted by molar-refractivity contribution is 7.46. The smallest absolute Gasteiger partial charge is 0.394 e. The molecule has 0 aromatic rings. The van der Waals surface area contributed by atoms with Crippen LogP contribution in [0, 0.1) is 0 Å². The lowest BCUT2D eigenvalue weighted by atomic mass is 9.96. The molecule has 6 fully saturated rings. The Hall–Kier alpha value is -2.07. The molecule has 12 unspecified atom stereocenters. The third-order valence-electron chi connectivity index (χ3n) is 14.2. The summed E-state index contributed by atoms with van der Waals surface area (Å²) in [4.78, 5) is 50.8. The molecule has 0 spiro atoms. The molecule has 23 N–H and O–H groups in total. The van der Waals surface area contributed by atoms with E-state index < -0.39 is 263 Å². The summed E-state index contributed by atoms with van der Waals surface area (Å²) in [7, 11) is -5.23. The van der Waals surface area contributed by atoms with Crippen LogP contribution in [0.2, 0.25) is 0 Å². The Labute approximate surface area is 473 Å². The van der Waals surface area contributed by atoms with E-state index in [1.165, 1.54) is 0 Å². The summed E-state index contributed by atoms with van der Waals surface area (Å²) >= 11 is 0. The molecule has 6 saturated heterocycles. The number of phosphoric ester groups is 1. The van der Waals surface area contributed by atoms with Crippen molar-refractivity contribution in [3.63, 3.8) is 0 Å². The van der Waals surface area contributed by atoms with Crippen LogP contribution in [0.15, 0.2) is 0 Å². The van der Waals surface area contributed by atoms with Gasteiger partial charge in [-0.25, -0.2) is 15.3 Å². The van der Waals surface area contributed by atoms with Crippen LogP contribution in [0.4, 0.5) is 0 Å². The number of carbonyl (C=O) groups is 2. The summed E-state index contributed by atoms with van der Waals surface area (Å²) in [5, 5.41) is 195. The van der Waals surface area contributed by atoms with Gasteiger partial charge < -0.3 is 159 Å². The van der Waals surface area contributed by atoms with E-state index in [-0.39, 0.29) is 12.8 Å². The molecular formula is C43H75N2O38P. The van der Waals surface area contributed by atoms with Gasteiger partial charge in [0.2, 0.25) is 5.91 Å².